The van der Waals surface area contributed by atoms with Crippen molar-refractivity contribution in [1.82, 2.24) is 0 Å². The Hall–Kier alpha value is -2.22. The molecular weight excluding hydrogens is 224 g/mol. The third-order valence-electron chi connectivity index (χ3n) is 3.19. The first kappa shape index (κ1) is 10.9. The summed E-state index contributed by atoms with van der Waals surface area (Å²) in [5.41, 5.74) is 3.26. The molecule has 18 heavy (non-hydrogen) atoms. The van der Waals surface area contributed by atoms with Crippen LogP contribution >= 0.6 is 0 Å². The summed E-state index contributed by atoms with van der Waals surface area (Å²) in [5, 5.41) is 0. The molecule has 1 aliphatic rings. The Morgan fingerprint density at radius 3 is 1.89 bits per heavy atom. The van der Waals surface area contributed by atoms with Crippen molar-refractivity contribution in [3.63, 3.8) is 0 Å². The van der Waals surface area contributed by atoms with Crippen LogP contribution in [0.1, 0.15) is 18.1 Å². The number of allylic oxidation sites excluding steroid dienone is 1. The molecule has 0 unspecified atom stereocenters. The molecule has 0 amide bonds. The van der Waals surface area contributed by atoms with E-state index in [2.05, 4.69) is 12.1 Å². The minimum atomic E-state index is 0.877. The molecule has 0 aliphatic carbocycles. The van der Waals surface area contributed by atoms with Crippen molar-refractivity contribution in [1.29, 1.82) is 0 Å². The molecule has 0 radical (unpaired) electrons. The summed E-state index contributed by atoms with van der Waals surface area (Å²) in [5.74, 6) is 2.66. The van der Waals surface area contributed by atoms with Crippen LogP contribution in [0.15, 0.2) is 54.3 Å². The monoisotopic (exact) mass is 238 g/mol. The Balaban J connectivity index is 2.31. The molecule has 3 rings (SSSR count). The number of hydrogen-bond acceptors (Lipinski definition) is 2. The highest BCUT2D eigenvalue weighted by atomic mass is 16.5. The summed E-state index contributed by atoms with van der Waals surface area (Å²) in [4.78, 5) is 0. The van der Waals surface area contributed by atoms with Crippen LogP contribution in [-0.2, 0) is 4.74 Å². The Morgan fingerprint density at radius 1 is 0.889 bits per heavy atom. The number of ether oxygens (including phenoxy) is 2. The molecule has 0 atom stereocenters. The highest BCUT2D eigenvalue weighted by Crippen LogP contribution is 2.44. The smallest absolute Gasteiger partial charge is 0.135 e. The van der Waals surface area contributed by atoms with Crippen LogP contribution in [0.4, 0.5) is 0 Å². The zero-order valence-electron chi connectivity index (χ0n) is 10.4. The van der Waals surface area contributed by atoms with Crippen LogP contribution in [0, 0.1) is 0 Å². The number of hydrogen-bond donors (Lipinski definition) is 0. The molecule has 2 aromatic rings. The molecule has 0 bridgehead atoms. The van der Waals surface area contributed by atoms with E-state index in [1.54, 1.807) is 7.11 Å². The van der Waals surface area contributed by atoms with E-state index in [4.69, 9.17) is 9.47 Å². The Morgan fingerprint density at radius 2 is 1.39 bits per heavy atom. The molecule has 0 aromatic heterocycles. The van der Waals surface area contributed by atoms with Gasteiger partial charge < -0.3 is 9.47 Å². The van der Waals surface area contributed by atoms with Gasteiger partial charge in [-0.3, -0.25) is 0 Å². The summed E-state index contributed by atoms with van der Waals surface area (Å²) in [7, 11) is 1.70. The highest BCUT2D eigenvalue weighted by Gasteiger charge is 2.23. The van der Waals surface area contributed by atoms with Gasteiger partial charge in [-0.25, -0.2) is 0 Å². The molecule has 0 spiro atoms. The van der Waals surface area contributed by atoms with Crippen molar-refractivity contribution in [2.24, 2.45) is 0 Å². The lowest BCUT2D eigenvalue weighted by Crippen LogP contribution is -2.04. The number of para-hydroxylation sites is 2. The quantitative estimate of drug-likeness (QED) is 0.591. The van der Waals surface area contributed by atoms with Crippen LogP contribution in [0.3, 0.4) is 0 Å². The zero-order valence-corrected chi connectivity index (χ0v) is 10.4. The van der Waals surface area contributed by atoms with Crippen LogP contribution in [0.2, 0.25) is 0 Å². The van der Waals surface area contributed by atoms with Gasteiger partial charge in [0.05, 0.1) is 7.11 Å². The van der Waals surface area contributed by atoms with E-state index in [9.17, 15) is 0 Å². The fraction of sp³-hybridized carbons (Fsp3) is 0.125. The lowest BCUT2D eigenvalue weighted by atomic mass is 9.93. The van der Waals surface area contributed by atoms with Crippen LogP contribution in [0.25, 0.3) is 5.57 Å². The van der Waals surface area contributed by atoms with Crippen LogP contribution in [-0.4, -0.2) is 7.11 Å². The number of fused-ring (bicyclic) bond motifs is 2. The second kappa shape index (κ2) is 4.22. The summed E-state index contributed by atoms with van der Waals surface area (Å²) in [6, 6.07) is 16.1. The molecule has 0 fully saturated rings. The highest BCUT2D eigenvalue weighted by molar-refractivity contribution is 5.88. The van der Waals surface area contributed by atoms with Gasteiger partial charge in [0.1, 0.15) is 17.3 Å². The average molecular weight is 238 g/mol. The molecular formula is C16H14O2. The summed E-state index contributed by atoms with van der Waals surface area (Å²) in [6.07, 6.45) is 0. The predicted octanol–water partition coefficient (Wildman–Crippen LogP) is 4.22. The van der Waals surface area contributed by atoms with E-state index >= 15 is 0 Å². The Labute approximate surface area is 106 Å². The van der Waals surface area contributed by atoms with Gasteiger partial charge in [0, 0.05) is 16.7 Å². The largest absolute Gasteiger partial charge is 0.501 e. The van der Waals surface area contributed by atoms with E-state index in [1.807, 2.05) is 43.3 Å². The van der Waals surface area contributed by atoms with Gasteiger partial charge in [-0.2, -0.15) is 0 Å². The fourth-order valence-electron chi connectivity index (χ4n) is 2.27. The number of rotatable bonds is 1. The van der Waals surface area contributed by atoms with Gasteiger partial charge >= 0.3 is 0 Å². The van der Waals surface area contributed by atoms with E-state index in [1.165, 1.54) is 0 Å². The van der Waals surface area contributed by atoms with Crippen molar-refractivity contribution in [3.8, 4) is 11.5 Å². The normalized spacial score (nSPS) is 12.2. The summed E-state index contributed by atoms with van der Waals surface area (Å²) >= 11 is 0. The molecule has 90 valence electrons. The first-order chi connectivity index (χ1) is 8.81. The molecule has 0 saturated heterocycles. The van der Waals surface area contributed by atoms with E-state index in [-0.39, 0.29) is 0 Å². The third kappa shape index (κ3) is 1.58. The van der Waals surface area contributed by atoms with Gasteiger partial charge in [0.15, 0.2) is 0 Å². The van der Waals surface area contributed by atoms with Crippen molar-refractivity contribution in [2.75, 3.05) is 7.11 Å². The average Bonchev–Trinajstić information content (AvgIpc) is 2.44. The van der Waals surface area contributed by atoms with Gasteiger partial charge in [-0.15, -0.1) is 0 Å². The molecule has 2 aromatic carbocycles. The van der Waals surface area contributed by atoms with E-state index < -0.39 is 0 Å². The minimum Gasteiger partial charge on any atom is -0.501 e. The Bertz CT molecular complexity index is 579. The maximum absolute atomic E-state index is 5.91. The standard InChI is InChI=1S/C16H14O2/c1-11(17-2)16-12-7-3-5-9-14(12)18-15-10-6-4-8-13(15)16/h3-10H,1-2H3. The molecule has 1 aliphatic heterocycles. The first-order valence-electron chi connectivity index (χ1n) is 5.93. The molecule has 2 heteroatoms. The zero-order chi connectivity index (χ0) is 12.5. The predicted molar refractivity (Wildman–Crippen MR) is 71.7 cm³/mol. The molecule has 2 nitrogen and oxygen atoms in total. The molecule has 0 saturated carbocycles. The van der Waals surface area contributed by atoms with Crippen molar-refractivity contribution >= 4 is 5.57 Å². The van der Waals surface area contributed by atoms with Gasteiger partial charge in [-0.1, -0.05) is 36.4 Å². The number of methoxy groups -OCH3 is 1. The SMILES string of the molecule is COC(C)=C1c2ccccc2Oc2ccccc21. The lowest BCUT2D eigenvalue weighted by Gasteiger charge is -2.23. The van der Waals surface area contributed by atoms with E-state index in [0.29, 0.717) is 0 Å². The maximum atomic E-state index is 5.91. The topological polar surface area (TPSA) is 18.5 Å². The van der Waals surface area contributed by atoms with Gasteiger partial charge in [0.25, 0.3) is 0 Å². The number of benzene rings is 2. The van der Waals surface area contributed by atoms with E-state index in [0.717, 1.165) is 34.0 Å². The second-order valence-electron chi connectivity index (χ2n) is 4.23. The van der Waals surface area contributed by atoms with Crippen molar-refractivity contribution in [3.05, 3.63) is 65.4 Å². The molecule has 0 N–H and O–H groups in total. The Kier molecular flexibility index (Phi) is 2.56. The summed E-state index contributed by atoms with van der Waals surface area (Å²) < 4.78 is 11.3. The maximum Gasteiger partial charge on any atom is 0.135 e. The van der Waals surface area contributed by atoms with Crippen molar-refractivity contribution < 1.29 is 9.47 Å². The fourth-order valence-corrected chi connectivity index (χ4v) is 2.27. The van der Waals surface area contributed by atoms with Crippen LogP contribution < -0.4 is 4.74 Å². The second-order valence-corrected chi connectivity index (χ2v) is 4.23. The van der Waals surface area contributed by atoms with Crippen LogP contribution in [0.5, 0.6) is 11.5 Å². The summed E-state index contributed by atoms with van der Waals surface area (Å²) in [6.45, 7) is 1.98. The van der Waals surface area contributed by atoms with Gasteiger partial charge in [-0.05, 0) is 19.1 Å². The van der Waals surface area contributed by atoms with Gasteiger partial charge in [0.2, 0.25) is 0 Å². The molecule has 1 heterocycles. The lowest BCUT2D eigenvalue weighted by molar-refractivity contribution is 0.295. The van der Waals surface area contributed by atoms with Crippen molar-refractivity contribution in [2.45, 2.75) is 6.92 Å². The third-order valence-corrected chi connectivity index (χ3v) is 3.19. The minimum absolute atomic E-state index is 0.877. The first-order valence-corrected chi connectivity index (χ1v) is 5.93.